The highest BCUT2D eigenvalue weighted by molar-refractivity contribution is 5.17. The molecule has 2 unspecified atom stereocenters. The number of aromatic nitrogens is 1. The summed E-state index contributed by atoms with van der Waals surface area (Å²) < 4.78 is 12.8. The number of nitriles is 1. The van der Waals surface area contributed by atoms with Crippen LogP contribution in [0.15, 0.2) is 18.2 Å². The van der Waals surface area contributed by atoms with Crippen LogP contribution in [0.25, 0.3) is 0 Å². The Labute approximate surface area is 81.6 Å². The van der Waals surface area contributed by atoms with Crippen LogP contribution < -0.4 is 5.32 Å². The summed E-state index contributed by atoms with van der Waals surface area (Å²) in [7, 11) is 0. The molecule has 1 saturated heterocycles. The van der Waals surface area contributed by atoms with Crippen molar-refractivity contribution in [3.8, 4) is 6.07 Å². The molecule has 1 N–H and O–H groups in total. The summed E-state index contributed by atoms with van der Waals surface area (Å²) in [4.78, 5) is 3.80. The maximum absolute atomic E-state index is 12.8. The van der Waals surface area contributed by atoms with E-state index in [9.17, 15) is 4.39 Å². The van der Waals surface area contributed by atoms with E-state index in [1.165, 1.54) is 6.07 Å². The van der Waals surface area contributed by atoms with Crippen LogP contribution in [-0.2, 0) is 0 Å². The average molecular weight is 191 g/mol. The van der Waals surface area contributed by atoms with E-state index in [0.717, 1.165) is 0 Å². The smallest absolute Gasteiger partial charge is 0.213 e. The summed E-state index contributed by atoms with van der Waals surface area (Å²) in [5.74, 6) is -0.550. The molecular weight excluding hydrogens is 181 g/mol. The van der Waals surface area contributed by atoms with Crippen molar-refractivity contribution in [3.05, 3.63) is 29.8 Å². The number of pyridine rings is 1. The molecule has 1 aliphatic rings. The molecule has 0 aromatic carbocycles. The Morgan fingerprint density at radius 2 is 2.36 bits per heavy atom. The molecule has 72 valence electrons. The van der Waals surface area contributed by atoms with Gasteiger partial charge in [-0.1, -0.05) is 6.07 Å². The van der Waals surface area contributed by atoms with Crippen LogP contribution in [0.3, 0.4) is 0 Å². The Morgan fingerprint density at radius 3 is 3.07 bits per heavy atom. The standard InChI is InChI=1S/C10H10FN3/c11-10-3-1-2-9(14-10)8-6-13-5-7(8)4-12/h1-3,7-8,13H,5-6H2. The van der Waals surface area contributed by atoms with E-state index in [1.807, 2.05) is 0 Å². The summed E-state index contributed by atoms with van der Waals surface area (Å²) in [5, 5.41) is 12.0. The van der Waals surface area contributed by atoms with Crippen molar-refractivity contribution in [2.75, 3.05) is 13.1 Å². The van der Waals surface area contributed by atoms with Gasteiger partial charge in [-0.05, 0) is 12.1 Å². The van der Waals surface area contributed by atoms with Crippen molar-refractivity contribution in [1.82, 2.24) is 10.3 Å². The molecule has 0 aliphatic carbocycles. The SMILES string of the molecule is N#CC1CNCC1c1cccc(F)n1. The molecule has 2 heterocycles. The minimum absolute atomic E-state index is 0.0238. The molecule has 0 radical (unpaired) electrons. The van der Waals surface area contributed by atoms with E-state index >= 15 is 0 Å². The highest BCUT2D eigenvalue weighted by Gasteiger charge is 2.29. The van der Waals surface area contributed by atoms with Gasteiger partial charge in [0.05, 0.1) is 12.0 Å². The van der Waals surface area contributed by atoms with E-state index in [-0.39, 0.29) is 11.8 Å². The lowest BCUT2D eigenvalue weighted by atomic mass is 9.94. The molecule has 1 aromatic rings. The van der Waals surface area contributed by atoms with Crippen molar-refractivity contribution in [1.29, 1.82) is 5.26 Å². The molecular formula is C10H10FN3. The van der Waals surface area contributed by atoms with Gasteiger partial charge in [0.25, 0.3) is 0 Å². The van der Waals surface area contributed by atoms with Crippen LogP contribution in [0.2, 0.25) is 0 Å². The van der Waals surface area contributed by atoms with Crippen molar-refractivity contribution < 1.29 is 4.39 Å². The van der Waals surface area contributed by atoms with Gasteiger partial charge in [-0.2, -0.15) is 9.65 Å². The van der Waals surface area contributed by atoms with Gasteiger partial charge in [0.1, 0.15) is 0 Å². The van der Waals surface area contributed by atoms with Crippen LogP contribution >= 0.6 is 0 Å². The summed E-state index contributed by atoms with van der Waals surface area (Å²) in [6.07, 6.45) is 0. The maximum Gasteiger partial charge on any atom is 0.213 e. The molecule has 1 aliphatic heterocycles. The molecule has 3 nitrogen and oxygen atoms in total. The van der Waals surface area contributed by atoms with Crippen LogP contribution in [-0.4, -0.2) is 18.1 Å². The Kier molecular flexibility index (Phi) is 2.42. The normalized spacial score (nSPS) is 26.0. The lowest BCUT2D eigenvalue weighted by molar-refractivity contribution is 0.554. The predicted molar refractivity (Wildman–Crippen MR) is 48.9 cm³/mol. The Balaban J connectivity index is 2.27. The third-order valence-electron chi connectivity index (χ3n) is 2.50. The second-order valence-electron chi connectivity index (χ2n) is 3.39. The first-order valence-electron chi connectivity index (χ1n) is 4.54. The first kappa shape index (κ1) is 9.10. The third kappa shape index (κ3) is 1.59. The van der Waals surface area contributed by atoms with Gasteiger partial charge in [-0.25, -0.2) is 4.98 Å². The predicted octanol–water partition coefficient (Wildman–Crippen LogP) is 1.05. The topological polar surface area (TPSA) is 48.7 Å². The average Bonchev–Trinajstić information content (AvgIpc) is 2.65. The molecule has 0 spiro atoms. The zero-order valence-corrected chi connectivity index (χ0v) is 7.57. The Bertz CT molecular complexity index is 372. The van der Waals surface area contributed by atoms with Crippen molar-refractivity contribution in [3.63, 3.8) is 0 Å². The minimum atomic E-state index is -0.480. The van der Waals surface area contributed by atoms with Crippen LogP contribution in [0.5, 0.6) is 0 Å². The highest BCUT2D eigenvalue weighted by atomic mass is 19.1. The van der Waals surface area contributed by atoms with Gasteiger partial charge in [0.2, 0.25) is 5.95 Å². The summed E-state index contributed by atoms with van der Waals surface area (Å²) in [5.41, 5.74) is 0.668. The lowest BCUT2D eigenvalue weighted by Gasteiger charge is -2.10. The van der Waals surface area contributed by atoms with E-state index in [0.29, 0.717) is 18.8 Å². The van der Waals surface area contributed by atoms with E-state index < -0.39 is 5.95 Å². The number of hydrogen-bond donors (Lipinski definition) is 1. The highest BCUT2D eigenvalue weighted by Crippen LogP contribution is 2.25. The molecule has 2 atom stereocenters. The molecule has 0 bridgehead atoms. The first-order valence-corrected chi connectivity index (χ1v) is 4.54. The van der Waals surface area contributed by atoms with E-state index in [4.69, 9.17) is 5.26 Å². The third-order valence-corrected chi connectivity index (χ3v) is 2.50. The number of hydrogen-bond acceptors (Lipinski definition) is 3. The first-order chi connectivity index (χ1) is 6.81. The Hall–Kier alpha value is -1.47. The van der Waals surface area contributed by atoms with Crippen molar-refractivity contribution in [2.45, 2.75) is 5.92 Å². The second-order valence-corrected chi connectivity index (χ2v) is 3.39. The van der Waals surface area contributed by atoms with Crippen LogP contribution in [0.1, 0.15) is 11.6 Å². The molecule has 1 aromatic heterocycles. The minimum Gasteiger partial charge on any atom is -0.315 e. The fourth-order valence-corrected chi connectivity index (χ4v) is 1.76. The summed E-state index contributed by atoms with van der Waals surface area (Å²) in [6, 6.07) is 6.92. The van der Waals surface area contributed by atoms with Crippen molar-refractivity contribution >= 4 is 0 Å². The van der Waals surface area contributed by atoms with Gasteiger partial charge in [-0.15, -0.1) is 0 Å². The zero-order valence-electron chi connectivity index (χ0n) is 7.57. The largest absolute Gasteiger partial charge is 0.315 e. The fourth-order valence-electron chi connectivity index (χ4n) is 1.76. The van der Waals surface area contributed by atoms with Gasteiger partial charge in [0.15, 0.2) is 0 Å². The second kappa shape index (κ2) is 3.72. The van der Waals surface area contributed by atoms with Gasteiger partial charge < -0.3 is 5.32 Å². The number of nitrogens with zero attached hydrogens (tertiary/aromatic N) is 2. The van der Waals surface area contributed by atoms with Gasteiger partial charge in [0, 0.05) is 24.7 Å². The molecule has 2 rings (SSSR count). The zero-order chi connectivity index (χ0) is 9.97. The lowest BCUT2D eigenvalue weighted by Crippen LogP contribution is -2.10. The molecule has 14 heavy (non-hydrogen) atoms. The molecule has 4 heteroatoms. The quantitative estimate of drug-likeness (QED) is 0.675. The Morgan fingerprint density at radius 1 is 1.50 bits per heavy atom. The van der Waals surface area contributed by atoms with E-state index in [1.54, 1.807) is 12.1 Å². The van der Waals surface area contributed by atoms with Crippen LogP contribution in [0, 0.1) is 23.2 Å². The molecule has 1 fully saturated rings. The van der Waals surface area contributed by atoms with Crippen LogP contribution in [0.4, 0.5) is 4.39 Å². The van der Waals surface area contributed by atoms with Gasteiger partial charge >= 0.3 is 0 Å². The number of halogens is 1. The number of rotatable bonds is 1. The fraction of sp³-hybridized carbons (Fsp3) is 0.400. The number of nitrogens with one attached hydrogen (secondary N) is 1. The maximum atomic E-state index is 12.8. The molecule has 0 saturated carbocycles. The summed E-state index contributed by atoms with van der Waals surface area (Å²) >= 11 is 0. The van der Waals surface area contributed by atoms with Gasteiger partial charge in [-0.3, -0.25) is 0 Å². The van der Waals surface area contributed by atoms with Crippen molar-refractivity contribution in [2.24, 2.45) is 5.92 Å². The monoisotopic (exact) mass is 191 g/mol. The van der Waals surface area contributed by atoms with E-state index in [2.05, 4.69) is 16.4 Å². The molecule has 0 amide bonds. The summed E-state index contributed by atoms with van der Waals surface area (Å²) in [6.45, 7) is 1.37.